The van der Waals surface area contributed by atoms with E-state index in [1.165, 1.54) is 25.3 Å². The van der Waals surface area contributed by atoms with Gasteiger partial charge in [0.1, 0.15) is 15.8 Å². The quantitative estimate of drug-likeness (QED) is 0.756. The van der Waals surface area contributed by atoms with Gasteiger partial charge in [0.25, 0.3) is 10.0 Å². The first-order valence-corrected chi connectivity index (χ1v) is 9.89. The van der Waals surface area contributed by atoms with Gasteiger partial charge in [0.15, 0.2) is 5.15 Å². The zero-order valence-electron chi connectivity index (χ0n) is 13.7. The molecule has 1 fully saturated rings. The number of hydrogen-bond donors (Lipinski definition) is 1. The van der Waals surface area contributed by atoms with Crippen molar-refractivity contribution in [1.82, 2.24) is 4.98 Å². The predicted octanol–water partition coefficient (Wildman–Crippen LogP) is 3.32. The molecule has 138 valence electrons. The van der Waals surface area contributed by atoms with Gasteiger partial charge in [-0.3, -0.25) is 9.52 Å². The van der Waals surface area contributed by atoms with Gasteiger partial charge < -0.3 is 9.64 Å². The van der Waals surface area contributed by atoms with E-state index >= 15 is 0 Å². The van der Waals surface area contributed by atoms with E-state index in [2.05, 4.69) is 9.71 Å². The summed E-state index contributed by atoms with van der Waals surface area (Å²) < 4.78 is 32.8. The number of hydrogen-bond acceptors (Lipinski definition) is 5. The molecular formula is C16H15Cl2N3O4S. The highest BCUT2D eigenvalue weighted by molar-refractivity contribution is 7.92. The van der Waals surface area contributed by atoms with E-state index in [1.807, 2.05) is 0 Å². The van der Waals surface area contributed by atoms with Crippen LogP contribution >= 0.6 is 23.2 Å². The summed E-state index contributed by atoms with van der Waals surface area (Å²) in [4.78, 5) is 17.1. The van der Waals surface area contributed by atoms with E-state index in [4.69, 9.17) is 27.9 Å². The van der Waals surface area contributed by atoms with E-state index in [0.717, 1.165) is 6.42 Å². The number of benzene rings is 1. The Bertz CT molecular complexity index is 966. The molecule has 0 bridgehead atoms. The number of anilines is 2. The zero-order valence-corrected chi connectivity index (χ0v) is 16.0. The van der Waals surface area contributed by atoms with E-state index in [9.17, 15) is 13.2 Å². The number of pyridine rings is 1. The Balaban J connectivity index is 1.91. The third-order valence-electron chi connectivity index (χ3n) is 3.87. The van der Waals surface area contributed by atoms with Gasteiger partial charge in [-0.1, -0.05) is 23.2 Å². The number of sulfonamides is 1. The van der Waals surface area contributed by atoms with Crippen LogP contribution in [0.2, 0.25) is 10.3 Å². The van der Waals surface area contributed by atoms with Crippen LogP contribution in [0.1, 0.15) is 12.8 Å². The van der Waals surface area contributed by atoms with E-state index in [1.54, 1.807) is 17.0 Å². The molecule has 1 aliphatic heterocycles. The molecule has 0 radical (unpaired) electrons. The predicted molar refractivity (Wildman–Crippen MR) is 99.6 cm³/mol. The summed E-state index contributed by atoms with van der Waals surface area (Å²) >= 11 is 11.6. The van der Waals surface area contributed by atoms with Crippen molar-refractivity contribution < 1.29 is 17.9 Å². The third-order valence-corrected chi connectivity index (χ3v) is 5.89. The van der Waals surface area contributed by atoms with E-state index in [0.29, 0.717) is 24.4 Å². The molecule has 1 saturated heterocycles. The summed E-state index contributed by atoms with van der Waals surface area (Å²) in [5.41, 5.74) is 0.868. The topological polar surface area (TPSA) is 88.6 Å². The molecule has 1 N–H and O–H groups in total. The van der Waals surface area contributed by atoms with Crippen molar-refractivity contribution in [3.63, 3.8) is 0 Å². The molecule has 26 heavy (non-hydrogen) atoms. The van der Waals surface area contributed by atoms with Crippen LogP contribution in [0.4, 0.5) is 11.4 Å². The number of carbonyl (C=O) groups is 1. The van der Waals surface area contributed by atoms with Crippen molar-refractivity contribution in [3.8, 4) is 5.75 Å². The lowest BCUT2D eigenvalue weighted by Gasteiger charge is -2.20. The van der Waals surface area contributed by atoms with Crippen molar-refractivity contribution in [3.05, 3.63) is 40.6 Å². The average Bonchev–Trinajstić information content (AvgIpc) is 2.99. The Hall–Kier alpha value is -2.03. The number of carbonyl (C=O) groups excluding carboxylic acids is 1. The zero-order chi connectivity index (χ0) is 18.9. The van der Waals surface area contributed by atoms with Gasteiger partial charge in [0.2, 0.25) is 5.91 Å². The smallest absolute Gasteiger partial charge is 0.264 e. The van der Waals surface area contributed by atoms with Gasteiger partial charge in [-0.15, -0.1) is 0 Å². The summed E-state index contributed by atoms with van der Waals surface area (Å²) in [7, 11) is -2.51. The van der Waals surface area contributed by atoms with Gasteiger partial charge in [0, 0.05) is 19.0 Å². The SMILES string of the molecule is COc1cc(NS(=O)(=O)c2ccc(Cl)nc2Cl)ccc1N1CCCC1=O. The Morgan fingerprint density at radius 3 is 2.62 bits per heavy atom. The van der Waals surface area contributed by atoms with Crippen molar-refractivity contribution in [2.24, 2.45) is 0 Å². The molecule has 3 rings (SSSR count). The fourth-order valence-corrected chi connectivity index (χ4v) is 4.39. The van der Waals surface area contributed by atoms with Crippen molar-refractivity contribution in [2.75, 3.05) is 23.3 Å². The maximum atomic E-state index is 12.5. The summed E-state index contributed by atoms with van der Waals surface area (Å²) in [6, 6.07) is 7.31. The Kier molecular flexibility index (Phi) is 5.27. The number of ether oxygens (including phenoxy) is 1. The van der Waals surface area contributed by atoms with Crippen molar-refractivity contribution in [1.29, 1.82) is 0 Å². The first-order chi connectivity index (χ1) is 12.3. The number of aromatic nitrogens is 1. The molecule has 2 aromatic rings. The minimum Gasteiger partial charge on any atom is -0.494 e. The molecular weight excluding hydrogens is 401 g/mol. The summed E-state index contributed by atoms with van der Waals surface area (Å²) in [6.07, 6.45) is 1.26. The summed E-state index contributed by atoms with van der Waals surface area (Å²) in [5.74, 6) is 0.399. The molecule has 0 aliphatic carbocycles. The lowest BCUT2D eigenvalue weighted by Crippen LogP contribution is -2.24. The third kappa shape index (κ3) is 3.72. The van der Waals surface area contributed by atoms with Crippen LogP contribution in [-0.4, -0.2) is 33.0 Å². The van der Waals surface area contributed by atoms with Gasteiger partial charge >= 0.3 is 0 Å². The average molecular weight is 416 g/mol. The second-order valence-corrected chi connectivity index (χ2v) is 7.96. The number of rotatable bonds is 5. The highest BCUT2D eigenvalue weighted by Gasteiger charge is 2.25. The maximum Gasteiger partial charge on any atom is 0.264 e. The van der Waals surface area contributed by atoms with Crippen LogP contribution < -0.4 is 14.4 Å². The van der Waals surface area contributed by atoms with Crippen molar-refractivity contribution in [2.45, 2.75) is 17.7 Å². The van der Waals surface area contributed by atoms with Gasteiger partial charge in [0.05, 0.1) is 18.5 Å². The standard InChI is InChI=1S/C16H15Cl2N3O4S/c1-25-12-9-10(4-5-11(12)21-8-2-3-15(21)22)20-26(23,24)13-6-7-14(17)19-16(13)18/h4-7,9,20H,2-3,8H2,1H3. The minimum absolute atomic E-state index is 0.00986. The van der Waals surface area contributed by atoms with Crippen LogP contribution in [0.15, 0.2) is 35.2 Å². The van der Waals surface area contributed by atoms with Crippen LogP contribution in [0.3, 0.4) is 0 Å². The molecule has 0 saturated carbocycles. The maximum absolute atomic E-state index is 12.5. The Morgan fingerprint density at radius 2 is 2.00 bits per heavy atom. The normalized spacial score (nSPS) is 14.6. The number of nitrogens with one attached hydrogen (secondary N) is 1. The lowest BCUT2D eigenvalue weighted by atomic mass is 10.2. The first-order valence-electron chi connectivity index (χ1n) is 7.65. The summed E-state index contributed by atoms with van der Waals surface area (Å²) in [6.45, 7) is 0.603. The monoisotopic (exact) mass is 415 g/mol. The van der Waals surface area contributed by atoms with E-state index in [-0.39, 0.29) is 26.8 Å². The highest BCUT2D eigenvalue weighted by Crippen LogP contribution is 2.34. The van der Waals surface area contributed by atoms with Crippen molar-refractivity contribution >= 4 is 50.5 Å². The molecule has 0 atom stereocenters. The highest BCUT2D eigenvalue weighted by atomic mass is 35.5. The fraction of sp³-hybridized carbons (Fsp3) is 0.250. The van der Waals surface area contributed by atoms with Gasteiger partial charge in [-0.05, 0) is 30.7 Å². The molecule has 1 aliphatic rings. The molecule has 10 heteroatoms. The second-order valence-electron chi connectivity index (χ2n) is 5.56. The van der Waals surface area contributed by atoms with Crippen LogP contribution in [-0.2, 0) is 14.8 Å². The number of methoxy groups -OCH3 is 1. The molecule has 1 amide bonds. The van der Waals surface area contributed by atoms with Gasteiger partial charge in [-0.25, -0.2) is 13.4 Å². The molecule has 7 nitrogen and oxygen atoms in total. The van der Waals surface area contributed by atoms with Crippen LogP contribution in [0.5, 0.6) is 5.75 Å². The molecule has 1 aromatic heterocycles. The largest absolute Gasteiger partial charge is 0.494 e. The first kappa shape index (κ1) is 18.8. The van der Waals surface area contributed by atoms with Gasteiger partial charge in [-0.2, -0.15) is 0 Å². The molecule has 1 aromatic carbocycles. The molecule has 0 unspecified atom stereocenters. The minimum atomic E-state index is -3.97. The fourth-order valence-electron chi connectivity index (χ4n) is 2.68. The van der Waals surface area contributed by atoms with Crippen LogP contribution in [0.25, 0.3) is 0 Å². The number of halogens is 2. The molecule has 0 spiro atoms. The Labute approximate surface area is 160 Å². The summed E-state index contributed by atoms with van der Waals surface area (Å²) in [5, 5.41) is -0.133. The number of amides is 1. The van der Waals surface area contributed by atoms with E-state index < -0.39 is 10.0 Å². The van der Waals surface area contributed by atoms with Crippen LogP contribution in [0, 0.1) is 0 Å². The Morgan fingerprint density at radius 1 is 1.23 bits per heavy atom. The number of nitrogens with zero attached hydrogens (tertiary/aromatic N) is 2. The lowest BCUT2D eigenvalue weighted by molar-refractivity contribution is -0.117. The molecule has 2 heterocycles. The second kappa shape index (κ2) is 7.30.